The van der Waals surface area contributed by atoms with Crippen LogP contribution in [0.15, 0.2) is 0 Å². The second-order valence-corrected chi connectivity index (χ2v) is 6.87. The van der Waals surface area contributed by atoms with Crippen molar-refractivity contribution in [2.24, 2.45) is 0 Å². The van der Waals surface area contributed by atoms with Crippen LogP contribution in [0.3, 0.4) is 0 Å². The first-order chi connectivity index (χ1) is 7.36. The van der Waals surface area contributed by atoms with Gasteiger partial charge in [-0.25, -0.2) is 0 Å². The summed E-state index contributed by atoms with van der Waals surface area (Å²) in [6.45, 7) is 5.51. The van der Waals surface area contributed by atoms with Gasteiger partial charge in [0.2, 0.25) is 10.2 Å². The molecule has 0 unspecified atom stereocenters. The van der Waals surface area contributed by atoms with Crippen molar-refractivity contribution < 1.29 is 4.79 Å². The lowest BCUT2D eigenvalue weighted by molar-refractivity contribution is -0.109. The Morgan fingerprint density at radius 1 is 1.50 bits per heavy atom. The first-order valence-electron chi connectivity index (χ1n) is 4.58. The van der Waals surface area contributed by atoms with Crippen molar-refractivity contribution in [1.82, 2.24) is 10.2 Å². The number of hydrogen-bond acceptors (Lipinski definition) is 3. The molecule has 0 aliphatic carbocycles. The molecule has 16 heavy (non-hydrogen) atoms. The van der Waals surface area contributed by atoms with E-state index in [0.717, 1.165) is 24.9 Å². The third-order valence-electron chi connectivity index (χ3n) is 1.76. The number of hydrogen-bond donors (Lipinski definition) is 1. The average Bonchev–Trinajstić information content (AvgIpc) is 2.17. The molecule has 0 rings (SSSR count). The SMILES string of the molecule is CCN(CC)C(=S)S[C@H](NC=O)C(Cl)(Cl)Cl. The van der Waals surface area contributed by atoms with Crippen LogP contribution >= 0.6 is 58.8 Å². The summed E-state index contributed by atoms with van der Waals surface area (Å²) in [6.07, 6.45) is 0.490. The summed E-state index contributed by atoms with van der Waals surface area (Å²) in [6, 6.07) is 0. The average molecular weight is 324 g/mol. The smallest absolute Gasteiger partial charge is 0.220 e. The third kappa shape index (κ3) is 5.77. The minimum atomic E-state index is -1.59. The zero-order valence-corrected chi connectivity index (χ0v) is 12.8. The number of rotatable bonds is 5. The highest BCUT2D eigenvalue weighted by Crippen LogP contribution is 2.36. The lowest BCUT2D eigenvalue weighted by atomic mass is 10.6. The number of nitrogens with one attached hydrogen (secondary N) is 1. The number of halogens is 3. The Hall–Kier alpha value is 0.580. The van der Waals surface area contributed by atoms with Crippen molar-refractivity contribution in [3.05, 3.63) is 0 Å². The summed E-state index contributed by atoms with van der Waals surface area (Å²) in [5.74, 6) is 0. The van der Waals surface area contributed by atoms with Gasteiger partial charge in [0.25, 0.3) is 0 Å². The molecule has 1 atom stereocenters. The van der Waals surface area contributed by atoms with Crippen LogP contribution in [0.2, 0.25) is 0 Å². The van der Waals surface area contributed by atoms with Gasteiger partial charge in [0.15, 0.2) is 0 Å². The number of alkyl halides is 3. The van der Waals surface area contributed by atoms with E-state index in [2.05, 4.69) is 5.32 Å². The molecule has 0 fully saturated rings. The van der Waals surface area contributed by atoms with Gasteiger partial charge >= 0.3 is 0 Å². The number of carbonyl (C=O) groups excluding carboxylic acids is 1. The van der Waals surface area contributed by atoms with E-state index in [4.69, 9.17) is 47.0 Å². The number of thiocarbonyl (C=S) groups is 1. The molecular weight excluding hydrogens is 311 g/mol. The van der Waals surface area contributed by atoms with Crippen molar-refractivity contribution in [2.75, 3.05) is 13.1 Å². The fourth-order valence-electron chi connectivity index (χ4n) is 0.914. The summed E-state index contributed by atoms with van der Waals surface area (Å²) in [5.41, 5.74) is 0. The summed E-state index contributed by atoms with van der Waals surface area (Å²) in [5, 5.41) is 1.74. The Morgan fingerprint density at radius 3 is 2.31 bits per heavy atom. The maximum atomic E-state index is 10.4. The quantitative estimate of drug-likeness (QED) is 0.365. The molecule has 0 bridgehead atoms. The lowest BCUT2D eigenvalue weighted by Crippen LogP contribution is -2.40. The van der Waals surface area contributed by atoms with Crippen LogP contribution in [0, 0.1) is 0 Å². The molecule has 3 nitrogen and oxygen atoms in total. The zero-order valence-electron chi connectivity index (χ0n) is 8.87. The second-order valence-electron chi connectivity index (χ2n) is 2.76. The van der Waals surface area contributed by atoms with Crippen molar-refractivity contribution in [2.45, 2.75) is 23.0 Å². The molecule has 0 aromatic rings. The summed E-state index contributed by atoms with van der Waals surface area (Å²) in [4.78, 5) is 12.3. The van der Waals surface area contributed by atoms with Crippen LogP contribution in [0.1, 0.15) is 13.8 Å². The molecule has 0 aromatic heterocycles. The maximum Gasteiger partial charge on any atom is 0.220 e. The zero-order chi connectivity index (χ0) is 12.8. The first kappa shape index (κ1) is 16.6. The second kappa shape index (κ2) is 7.82. The molecule has 0 radical (unpaired) electrons. The minimum Gasteiger partial charge on any atom is -0.358 e. The summed E-state index contributed by atoms with van der Waals surface area (Å²) in [7, 11) is 0. The largest absolute Gasteiger partial charge is 0.358 e. The normalized spacial score (nSPS) is 13.1. The molecule has 0 aliphatic rings. The van der Waals surface area contributed by atoms with Crippen molar-refractivity contribution >= 4 is 69.5 Å². The first-order valence-corrected chi connectivity index (χ1v) is 7.00. The summed E-state index contributed by atoms with van der Waals surface area (Å²) < 4.78 is -1.00. The molecular formula is C8H13Cl3N2OS2. The monoisotopic (exact) mass is 322 g/mol. The Bertz CT molecular complexity index is 244. The fourth-order valence-corrected chi connectivity index (χ4v) is 2.92. The third-order valence-corrected chi connectivity index (χ3v) is 4.53. The highest BCUT2D eigenvalue weighted by Gasteiger charge is 2.34. The number of carbonyl (C=O) groups is 1. The number of nitrogens with zero attached hydrogens (tertiary/aromatic N) is 1. The van der Waals surface area contributed by atoms with Gasteiger partial charge in [-0.15, -0.1) is 0 Å². The van der Waals surface area contributed by atoms with Crippen LogP contribution in [0.5, 0.6) is 0 Å². The van der Waals surface area contributed by atoms with Gasteiger partial charge in [0.1, 0.15) is 9.69 Å². The lowest BCUT2D eigenvalue weighted by Gasteiger charge is -2.27. The van der Waals surface area contributed by atoms with Gasteiger partial charge in [-0.05, 0) is 13.8 Å². The molecule has 0 saturated heterocycles. The molecule has 0 aromatic carbocycles. The van der Waals surface area contributed by atoms with Crippen molar-refractivity contribution in [1.29, 1.82) is 0 Å². The van der Waals surface area contributed by atoms with Crippen LogP contribution in [-0.4, -0.2) is 37.9 Å². The van der Waals surface area contributed by atoms with Crippen LogP contribution in [0.25, 0.3) is 0 Å². The van der Waals surface area contributed by atoms with E-state index >= 15 is 0 Å². The van der Waals surface area contributed by atoms with Gasteiger partial charge in [-0.3, -0.25) is 4.79 Å². The van der Waals surface area contributed by atoms with E-state index < -0.39 is 9.17 Å². The topological polar surface area (TPSA) is 32.3 Å². The molecule has 0 spiro atoms. The van der Waals surface area contributed by atoms with E-state index in [9.17, 15) is 4.79 Å². The Labute approximate surface area is 120 Å². The maximum absolute atomic E-state index is 10.4. The van der Waals surface area contributed by atoms with Crippen LogP contribution in [-0.2, 0) is 4.79 Å². The van der Waals surface area contributed by atoms with E-state index in [1.165, 1.54) is 0 Å². The van der Waals surface area contributed by atoms with Gasteiger partial charge in [-0.2, -0.15) is 0 Å². The predicted molar refractivity (Wildman–Crippen MR) is 76.4 cm³/mol. The molecule has 94 valence electrons. The van der Waals surface area contributed by atoms with Gasteiger partial charge in [-0.1, -0.05) is 58.8 Å². The van der Waals surface area contributed by atoms with Crippen molar-refractivity contribution in [3.63, 3.8) is 0 Å². The molecule has 1 amide bonds. The molecule has 8 heteroatoms. The predicted octanol–water partition coefficient (Wildman–Crippen LogP) is 2.79. The highest BCUT2D eigenvalue weighted by molar-refractivity contribution is 8.23. The molecule has 0 aliphatic heterocycles. The fraction of sp³-hybridized carbons (Fsp3) is 0.750. The Morgan fingerprint density at radius 2 is 2.00 bits per heavy atom. The van der Waals surface area contributed by atoms with E-state index in [-0.39, 0.29) is 0 Å². The van der Waals surface area contributed by atoms with E-state index in [1.807, 2.05) is 18.7 Å². The van der Waals surface area contributed by atoms with Crippen LogP contribution in [0.4, 0.5) is 0 Å². The standard InChI is InChI=1S/C8H13Cl3N2OS2/c1-3-13(4-2)7(15)16-6(12-5-14)8(9,10)11/h5-6H,3-4H2,1-2H3,(H,12,14)/t6-/m0/s1. The highest BCUT2D eigenvalue weighted by atomic mass is 35.6. The van der Waals surface area contributed by atoms with Gasteiger partial charge in [0, 0.05) is 13.1 Å². The molecule has 0 saturated carbocycles. The van der Waals surface area contributed by atoms with E-state index in [1.54, 1.807) is 0 Å². The Balaban J connectivity index is 4.51. The summed E-state index contributed by atoms with van der Waals surface area (Å²) >= 11 is 23.5. The number of thioether (sulfide) groups is 1. The number of amides is 1. The molecule has 0 heterocycles. The van der Waals surface area contributed by atoms with Gasteiger partial charge < -0.3 is 10.2 Å². The minimum absolute atomic E-state index is 0.490. The van der Waals surface area contributed by atoms with E-state index in [0.29, 0.717) is 10.7 Å². The molecule has 1 N–H and O–H groups in total. The Kier molecular flexibility index (Phi) is 8.10. The van der Waals surface area contributed by atoms with Crippen molar-refractivity contribution in [3.8, 4) is 0 Å². The van der Waals surface area contributed by atoms with Crippen LogP contribution < -0.4 is 5.32 Å². The van der Waals surface area contributed by atoms with Gasteiger partial charge in [0.05, 0.1) is 0 Å².